The third kappa shape index (κ3) is 3.58. The summed E-state index contributed by atoms with van der Waals surface area (Å²) in [6, 6.07) is 9.93. The van der Waals surface area contributed by atoms with Crippen LogP contribution in [0, 0.1) is 12.3 Å². The molecule has 0 bridgehead atoms. The van der Waals surface area contributed by atoms with Crippen molar-refractivity contribution in [1.29, 1.82) is 0 Å². The summed E-state index contributed by atoms with van der Waals surface area (Å²) in [7, 11) is 0. The lowest BCUT2D eigenvalue weighted by Gasteiger charge is -2.36. The van der Waals surface area contributed by atoms with E-state index in [2.05, 4.69) is 10.8 Å². The number of hydrogen-bond acceptors (Lipinski definition) is 1. The zero-order valence-corrected chi connectivity index (χ0v) is 10.7. The van der Waals surface area contributed by atoms with Crippen LogP contribution in [0.2, 0.25) is 0 Å². The summed E-state index contributed by atoms with van der Waals surface area (Å²) in [6.07, 6.45) is 7.79. The lowest BCUT2D eigenvalue weighted by Crippen LogP contribution is -2.43. The van der Waals surface area contributed by atoms with Gasteiger partial charge in [-0.1, -0.05) is 30.3 Å². The molecule has 0 aliphatic carbocycles. The molecule has 0 atom stereocenters. The molecule has 1 fully saturated rings. The Bertz CT molecular complexity index is 399. The van der Waals surface area contributed by atoms with E-state index in [1.807, 2.05) is 30.3 Å². The van der Waals surface area contributed by atoms with Crippen LogP contribution >= 0.6 is 0 Å². The minimum Gasteiger partial charge on any atom is -0.302 e. The van der Waals surface area contributed by atoms with Gasteiger partial charge in [0.15, 0.2) is 0 Å². The Balaban J connectivity index is 1.86. The van der Waals surface area contributed by atoms with Gasteiger partial charge in [-0.25, -0.2) is 4.39 Å². The van der Waals surface area contributed by atoms with Gasteiger partial charge in [-0.05, 0) is 18.4 Å². The first-order valence-corrected chi connectivity index (χ1v) is 6.60. The third-order valence-corrected chi connectivity index (χ3v) is 3.69. The molecule has 1 aliphatic rings. The maximum Gasteiger partial charge on any atom is 0.117 e. The van der Waals surface area contributed by atoms with Crippen molar-refractivity contribution in [2.45, 2.75) is 31.4 Å². The topological polar surface area (TPSA) is 3.24 Å². The molecule has 1 aromatic carbocycles. The van der Waals surface area contributed by atoms with E-state index in [-0.39, 0.29) is 0 Å². The maximum atomic E-state index is 14.7. The minimum atomic E-state index is -1.03. The molecule has 1 saturated heterocycles. The van der Waals surface area contributed by atoms with Crippen LogP contribution in [0.25, 0.3) is 0 Å². The van der Waals surface area contributed by atoms with Crippen LogP contribution in [0.4, 0.5) is 4.39 Å². The molecule has 0 radical (unpaired) electrons. The number of nitrogens with zero attached hydrogens (tertiary/aromatic N) is 1. The molecule has 0 aromatic heterocycles. The van der Waals surface area contributed by atoms with E-state index in [0.717, 1.165) is 31.6 Å². The van der Waals surface area contributed by atoms with Crippen molar-refractivity contribution in [3.05, 3.63) is 35.9 Å². The fourth-order valence-electron chi connectivity index (χ4n) is 2.54. The van der Waals surface area contributed by atoms with Crippen molar-refractivity contribution < 1.29 is 4.39 Å². The fourth-order valence-corrected chi connectivity index (χ4v) is 2.54. The van der Waals surface area contributed by atoms with E-state index < -0.39 is 5.67 Å². The third-order valence-electron chi connectivity index (χ3n) is 3.69. The second-order valence-corrected chi connectivity index (χ2v) is 5.11. The summed E-state index contributed by atoms with van der Waals surface area (Å²) in [5.41, 5.74) is 0.0608. The standard InChI is InChI=1S/C16H20FN/c1-2-3-11-18-12-9-16(17,10-13-18)14-15-7-5-4-6-8-15/h1,4-8H,3,9-14H2. The second kappa shape index (κ2) is 6.02. The van der Waals surface area contributed by atoms with Gasteiger partial charge in [-0.3, -0.25) is 0 Å². The van der Waals surface area contributed by atoms with E-state index in [1.54, 1.807) is 0 Å². The van der Waals surface area contributed by atoms with Gasteiger partial charge in [0.05, 0.1) is 0 Å². The van der Waals surface area contributed by atoms with Crippen molar-refractivity contribution in [3.63, 3.8) is 0 Å². The van der Waals surface area contributed by atoms with E-state index in [9.17, 15) is 4.39 Å². The summed E-state index contributed by atoms with van der Waals surface area (Å²) in [5, 5.41) is 0. The summed E-state index contributed by atoms with van der Waals surface area (Å²) in [6.45, 7) is 2.55. The normalized spacial score (nSPS) is 19.3. The molecule has 1 heterocycles. The lowest BCUT2D eigenvalue weighted by molar-refractivity contribution is 0.0596. The highest BCUT2D eigenvalue weighted by Gasteiger charge is 2.34. The molecule has 0 unspecified atom stereocenters. The highest BCUT2D eigenvalue weighted by Crippen LogP contribution is 2.30. The SMILES string of the molecule is C#CCCN1CCC(F)(Cc2ccccc2)CC1. The Morgan fingerprint density at radius 1 is 1.22 bits per heavy atom. The van der Waals surface area contributed by atoms with Crippen LogP contribution in [-0.2, 0) is 6.42 Å². The summed E-state index contributed by atoms with van der Waals surface area (Å²) >= 11 is 0. The van der Waals surface area contributed by atoms with Crippen LogP contribution in [0.15, 0.2) is 30.3 Å². The van der Waals surface area contributed by atoms with Crippen molar-refractivity contribution >= 4 is 0 Å². The van der Waals surface area contributed by atoms with E-state index >= 15 is 0 Å². The summed E-state index contributed by atoms with van der Waals surface area (Å²) < 4.78 is 14.7. The van der Waals surface area contributed by atoms with Gasteiger partial charge in [-0.15, -0.1) is 12.3 Å². The lowest BCUT2D eigenvalue weighted by atomic mass is 9.87. The number of piperidine rings is 1. The molecule has 96 valence electrons. The predicted octanol–water partition coefficient (Wildman–Crippen LogP) is 3.06. The molecule has 0 saturated carbocycles. The molecule has 0 spiro atoms. The van der Waals surface area contributed by atoms with Gasteiger partial charge in [0.2, 0.25) is 0 Å². The van der Waals surface area contributed by atoms with Gasteiger partial charge in [0.25, 0.3) is 0 Å². The number of rotatable bonds is 4. The first kappa shape index (κ1) is 13.1. The Labute approximate surface area is 109 Å². The number of halogens is 1. The molecule has 1 aliphatic heterocycles. The van der Waals surface area contributed by atoms with Crippen molar-refractivity contribution in [2.75, 3.05) is 19.6 Å². The van der Waals surface area contributed by atoms with E-state index in [0.29, 0.717) is 19.3 Å². The molecule has 2 heteroatoms. The Hall–Kier alpha value is -1.33. The minimum absolute atomic E-state index is 0.539. The molecule has 2 rings (SSSR count). The van der Waals surface area contributed by atoms with Gasteiger partial charge >= 0.3 is 0 Å². The van der Waals surface area contributed by atoms with Crippen molar-refractivity contribution in [3.8, 4) is 12.3 Å². The summed E-state index contributed by atoms with van der Waals surface area (Å²) in [4.78, 5) is 2.27. The quantitative estimate of drug-likeness (QED) is 0.737. The van der Waals surface area contributed by atoms with Gasteiger partial charge in [-0.2, -0.15) is 0 Å². The average molecular weight is 245 g/mol. The molecular formula is C16H20FN. The molecular weight excluding hydrogens is 225 g/mol. The molecule has 1 nitrogen and oxygen atoms in total. The number of hydrogen-bond donors (Lipinski definition) is 0. The van der Waals surface area contributed by atoms with Gasteiger partial charge in [0, 0.05) is 32.5 Å². The van der Waals surface area contributed by atoms with E-state index in [4.69, 9.17) is 6.42 Å². The van der Waals surface area contributed by atoms with Crippen molar-refractivity contribution in [2.24, 2.45) is 0 Å². The largest absolute Gasteiger partial charge is 0.302 e. The number of alkyl halides is 1. The number of terminal acetylenes is 1. The molecule has 18 heavy (non-hydrogen) atoms. The number of benzene rings is 1. The van der Waals surface area contributed by atoms with Crippen molar-refractivity contribution in [1.82, 2.24) is 4.90 Å². The number of likely N-dealkylation sites (tertiary alicyclic amines) is 1. The summed E-state index contributed by atoms with van der Waals surface area (Å²) in [5.74, 6) is 2.64. The first-order valence-electron chi connectivity index (χ1n) is 6.60. The Morgan fingerprint density at radius 2 is 1.89 bits per heavy atom. The fraction of sp³-hybridized carbons (Fsp3) is 0.500. The van der Waals surface area contributed by atoms with Gasteiger partial charge < -0.3 is 4.90 Å². The highest BCUT2D eigenvalue weighted by molar-refractivity contribution is 5.17. The maximum absolute atomic E-state index is 14.7. The highest BCUT2D eigenvalue weighted by atomic mass is 19.1. The Kier molecular flexibility index (Phi) is 4.38. The van der Waals surface area contributed by atoms with Crippen LogP contribution in [-0.4, -0.2) is 30.2 Å². The first-order chi connectivity index (χ1) is 8.72. The monoisotopic (exact) mass is 245 g/mol. The Morgan fingerprint density at radius 3 is 2.50 bits per heavy atom. The zero-order valence-electron chi connectivity index (χ0n) is 10.7. The van der Waals surface area contributed by atoms with Crippen LogP contribution < -0.4 is 0 Å². The molecule has 0 amide bonds. The van der Waals surface area contributed by atoms with E-state index in [1.165, 1.54) is 0 Å². The smallest absolute Gasteiger partial charge is 0.117 e. The average Bonchev–Trinajstić information content (AvgIpc) is 2.39. The second-order valence-electron chi connectivity index (χ2n) is 5.11. The van der Waals surface area contributed by atoms with Gasteiger partial charge in [0.1, 0.15) is 5.67 Å². The zero-order chi connectivity index (χ0) is 12.8. The van der Waals surface area contributed by atoms with Crippen LogP contribution in [0.1, 0.15) is 24.8 Å². The molecule has 1 aromatic rings. The molecule has 0 N–H and O–H groups in total. The van der Waals surface area contributed by atoms with Crippen LogP contribution in [0.3, 0.4) is 0 Å². The predicted molar refractivity (Wildman–Crippen MR) is 73.1 cm³/mol. The van der Waals surface area contributed by atoms with Crippen LogP contribution in [0.5, 0.6) is 0 Å².